The molecule has 7 N–H and O–H groups in total. The smallest absolute Gasteiger partial charge is 0.243 e. The first-order valence-electron chi connectivity index (χ1n) is 8.96. The second kappa shape index (κ2) is 9.91. The third kappa shape index (κ3) is 6.90. The summed E-state index contributed by atoms with van der Waals surface area (Å²) in [5.74, 6) is -1.83. The molecule has 3 amide bonds. The fourth-order valence-corrected chi connectivity index (χ4v) is 2.47. The maximum absolute atomic E-state index is 12.7. The molecule has 0 aliphatic heterocycles. The number of primary amides is 1. The molecule has 0 unspecified atom stereocenters. The molecule has 27 heavy (non-hydrogen) atoms. The lowest BCUT2D eigenvalue weighted by molar-refractivity contribution is -0.132. The van der Waals surface area contributed by atoms with Gasteiger partial charge in [-0.3, -0.25) is 14.4 Å². The van der Waals surface area contributed by atoms with E-state index in [2.05, 4.69) is 10.6 Å². The van der Waals surface area contributed by atoms with Gasteiger partial charge in [-0.2, -0.15) is 0 Å². The number of carbonyl (C=O) groups excluding carboxylic acids is 3. The van der Waals surface area contributed by atoms with Gasteiger partial charge in [-0.25, -0.2) is 0 Å². The van der Waals surface area contributed by atoms with Gasteiger partial charge in [0.05, 0.1) is 6.04 Å². The van der Waals surface area contributed by atoms with E-state index in [0.29, 0.717) is 0 Å². The molecule has 0 bridgehead atoms. The molecule has 0 saturated heterocycles. The molecule has 3 atom stereocenters. The second-order valence-electron chi connectivity index (χ2n) is 7.33. The third-order valence-corrected chi connectivity index (χ3v) is 4.30. The zero-order chi connectivity index (χ0) is 20.7. The first kappa shape index (κ1) is 22.4. The van der Waals surface area contributed by atoms with Crippen LogP contribution in [0.2, 0.25) is 0 Å². The third-order valence-electron chi connectivity index (χ3n) is 4.30. The van der Waals surface area contributed by atoms with E-state index in [0.717, 1.165) is 5.56 Å². The standard InChI is InChI=1S/C19H30N4O4/c1-10(2)15(20)19(27)22-14(9-12-5-7-13(24)8-6-12)18(26)23-16(11(3)4)17(21)25/h5-8,10-11,14-16,24H,9,20H2,1-4H3,(H2,21,25)(H,22,27)(H,23,26)/t14-,15-,16-/m0/s1. The molecule has 0 aromatic heterocycles. The number of rotatable bonds is 9. The highest BCUT2D eigenvalue weighted by atomic mass is 16.3. The van der Waals surface area contributed by atoms with Gasteiger partial charge in [0.25, 0.3) is 0 Å². The quantitative estimate of drug-likeness (QED) is 0.411. The van der Waals surface area contributed by atoms with Crippen LogP contribution in [0.25, 0.3) is 0 Å². The average Bonchev–Trinajstić information content (AvgIpc) is 2.59. The number of hydrogen-bond donors (Lipinski definition) is 5. The molecule has 1 rings (SSSR count). The van der Waals surface area contributed by atoms with Crippen molar-refractivity contribution in [2.24, 2.45) is 23.3 Å². The van der Waals surface area contributed by atoms with Crippen LogP contribution < -0.4 is 22.1 Å². The van der Waals surface area contributed by atoms with Crippen LogP contribution in [0.1, 0.15) is 33.3 Å². The van der Waals surface area contributed by atoms with Crippen molar-refractivity contribution < 1.29 is 19.5 Å². The molecule has 0 fully saturated rings. The number of hydrogen-bond acceptors (Lipinski definition) is 5. The zero-order valence-corrected chi connectivity index (χ0v) is 16.2. The van der Waals surface area contributed by atoms with E-state index in [1.807, 2.05) is 0 Å². The van der Waals surface area contributed by atoms with Crippen molar-refractivity contribution in [1.82, 2.24) is 10.6 Å². The minimum absolute atomic E-state index is 0.0965. The Hall–Kier alpha value is -2.61. The molecule has 8 nitrogen and oxygen atoms in total. The van der Waals surface area contributed by atoms with E-state index in [9.17, 15) is 19.5 Å². The second-order valence-corrected chi connectivity index (χ2v) is 7.33. The summed E-state index contributed by atoms with van der Waals surface area (Å²) in [6.45, 7) is 7.14. The molecule has 150 valence electrons. The van der Waals surface area contributed by atoms with Crippen molar-refractivity contribution in [2.75, 3.05) is 0 Å². The van der Waals surface area contributed by atoms with Gasteiger partial charge in [-0.15, -0.1) is 0 Å². The number of nitrogens with two attached hydrogens (primary N) is 2. The van der Waals surface area contributed by atoms with Crippen molar-refractivity contribution in [3.63, 3.8) is 0 Å². The normalized spacial score (nSPS) is 14.5. The highest BCUT2D eigenvalue weighted by Gasteiger charge is 2.29. The van der Waals surface area contributed by atoms with Crippen LogP contribution in [0.15, 0.2) is 24.3 Å². The Bertz CT molecular complexity index is 658. The number of phenolic OH excluding ortho intramolecular Hbond substituents is 1. The van der Waals surface area contributed by atoms with Crippen molar-refractivity contribution in [3.05, 3.63) is 29.8 Å². The Morgan fingerprint density at radius 2 is 1.52 bits per heavy atom. The summed E-state index contributed by atoms with van der Waals surface area (Å²) in [5.41, 5.74) is 12.0. The van der Waals surface area contributed by atoms with E-state index < -0.39 is 35.8 Å². The molecule has 0 radical (unpaired) electrons. The SMILES string of the molecule is CC(C)[C@H](N)C(=O)N[C@@H](Cc1ccc(O)cc1)C(=O)N[C@H](C(N)=O)C(C)C. The molecular formula is C19H30N4O4. The van der Waals surface area contributed by atoms with Gasteiger partial charge in [0.2, 0.25) is 17.7 Å². The summed E-state index contributed by atoms with van der Waals surface area (Å²) in [4.78, 5) is 36.7. The molecule has 0 saturated carbocycles. The summed E-state index contributed by atoms with van der Waals surface area (Å²) >= 11 is 0. The average molecular weight is 378 g/mol. The fraction of sp³-hybridized carbons (Fsp3) is 0.526. The fourth-order valence-electron chi connectivity index (χ4n) is 2.47. The summed E-state index contributed by atoms with van der Waals surface area (Å²) in [7, 11) is 0. The van der Waals surface area contributed by atoms with Crippen LogP contribution in [0.5, 0.6) is 5.75 Å². The largest absolute Gasteiger partial charge is 0.508 e. The Balaban J connectivity index is 3.00. The van der Waals surface area contributed by atoms with Crippen LogP contribution in [-0.4, -0.2) is 41.0 Å². The van der Waals surface area contributed by atoms with Gasteiger partial charge in [0.1, 0.15) is 17.8 Å². The molecule has 0 spiro atoms. The maximum Gasteiger partial charge on any atom is 0.243 e. The van der Waals surface area contributed by atoms with E-state index in [1.54, 1.807) is 39.8 Å². The Morgan fingerprint density at radius 1 is 0.963 bits per heavy atom. The number of aromatic hydroxyl groups is 1. The first-order valence-corrected chi connectivity index (χ1v) is 8.96. The Kier molecular flexibility index (Phi) is 8.24. The highest BCUT2D eigenvalue weighted by molar-refractivity contribution is 5.93. The van der Waals surface area contributed by atoms with E-state index in [-0.39, 0.29) is 24.0 Å². The zero-order valence-electron chi connectivity index (χ0n) is 16.2. The minimum Gasteiger partial charge on any atom is -0.508 e. The molecular weight excluding hydrogens is 348 g/mol. The molecule has 1 aromatic carbocycles. The van der Waals surface area contributed by atoms with E-state index in [1.165, 1.54) is 12.1 Å². The lowest BCUT2D eigenvalue weighted by Crippen LogP contribution is -2.57. The molecule has 0 aliphatic carbocycles. The topological polar surface area (TPSA) is 148 Å². The van der Waals surface area contributed by atoms with Crippen LogP contribution in [0, 0.1) is 11.8 Å². The number of benzene rings is 1. The van der Waals surface area contributed by atoms with Crippen LogP contribution in [0.4, 0.5) is 0 Å². The Labute approximate surface area is 159 Å². The van der Waals surface area contributed by atoms with Gasteiger partial charge in [-0.05, 0) is 29.5 Å². The molecule has 1 aromatic rings. The van der Waals surface area contributed by atoms with Crippen LogP contribution >= 0.6 is 0 Å². The summed E-state index contributed by atoms with van der Waals surface area (Å²) in [6.07, 6.45) is 0.173. The summed E-state index contributed by atoms with van der Waals surface area (Å²) in [5, 5.41) is 14.7. The predicted octanol–water partition coefficient (Wildman–Crippen LogP) is 0.0289. The predicted molar refractivity (Wildman–Crippen MR) is 103 cm³/mol. The van der Waals surface area contributed by atoms with Gasteiger partial charge in [0, 0.05) is 6.42 Å². The van der Waals surface area contributed by atoms with Crippen molar-refractivity contribution in [2.45, 2.75) is 52.2 Å². The highest BCUT2D eigenvalue weighted by Crippen LogP contribution is 2.12. The minimum atomic E-state index is -0.938. The van der Waals surface area contributed by atoms with Gasteiger partial charge in [-0.1, -0.05) is 39.8 Å². The maximum atomic E-state index is 12.7. The van der Waals surface area contributed by atoms with Crippen LogP contribution in [0.3, 0.4) is 0 Å². The lowest BCUT2D eigenvalue weighted by Gasteiger charge is -2.25. The van der Waals surface area contributed by atoms with Gasteiger partial charge < -0.3 is 27.2 Å². The van der Waals surface area contributed by atoms with Crippen LogP contribution in [-0.2, 0) is 20.8 Å². The van der Waals surface area contributed by atoms with E-state index in [4.69, 9.17) is 11.5 Å². The van der Waals surface area contributed by atoms with Crippen molar-refractivity contribution >= 4 is 17.7 Å². The molecule has 0 heterocycles. The monoisotopic (exact) mass is 378 g/mol. The van der Waals surface area contributed by atoms with Crippen molar-refractivity contribution in [1.29, 1.82) is 0 Å². The first-order chi connectivity index (χ1) is 12.5. The van der Waals surface area contributed by atoms with Gasteiger partial charge >= 0.3 is 0 Å². The number of amides is 3. The molecule has 8 heteroatoms. The summed E-state index contributed by atoms with van der Waals surface area (Å²) in [6, 6.07) is 3.73. The number of phenols is 1. The van der Waals surface area contributed by atoms with E-state index >= 15 is 0 Å². The number of carbonyl (C=O) groups is 3. The lowest BCUT2D eigenvalue weighted by atomic mass is 10.00. The van der Waals surface area contributed by atoms with Gasteiger partial charge in [0.15, 0.2) is 0 Å². The van der Waals surface area contributed by atoms with Crippen molar-refractivity contribution in [3.8, 4) is 5.75 Å². The number of nitrogens with one attached hydrogen (secondary N) is 2. The summed E-state index contributed by atoms with van der Waals surface area (Å²) < 4.78 is 0. The Morgan fingerprint density at radius 3 is 1.96 bits per heavy atom. The molecule has 0 aliphatic rings.